The summed E-state index contributed by atoms with van der Waals surface area (Å²) in [6.07, 6.45) is 7.13. The Morgan fingerprint density at radius 1 is 1.40 bits per heavy atom. The Bertz CT molecular complexity index is 1170. The minimum Gasteiger partial charge on any atom is -0.384 e. The number of rotatable bonds is 4. The van der Waals surface area contributed by atoms with E-state index in [9.17, 15) is 10.1 Å². The zero-order valence-electron chi connectivity index (χ0n) is 15.8. The maximum atomic E-state index is 13.0. The van der Waals surface area contributed by atoms with E-state index < -0.39 is 5.92 Å². The van der Waals surface area contributed by atoms with Crippen molar-refractivity contribution < 1.29 is 4.79 Å². The van der Waals surface area contributed by atoms with Crippen molar-refractivity contribution in [1.29, 1.82) is 5.26 Å². The summed E-state index contributed by atoms with van der Waals surface area (Å²) in [7, 11) is 0. The van der Waals surface area contributed by atoms with E-state index in [4.69, 9.17) is 23.8 Å². The average molecular weight is 454 g/mol. The highest BCUT2D eigenvalue weighted by Crippen LogP contribution is 2.47. The first-order valence-corrected chi connectivity index (χ1v) is 11.3. The summed E-state index contributed by atoms with van der Waals surface area (Å²) in [5.74, 6) is 2.77. The molecule has 150 valence electrons. The Morgan fingerprint density at radius 2 is 2.23 bits per heavy atom. The number of anilines is 1. The summed E-state index contributed by atoms with van der Waals surface area (Å²) in [6, 6.07) is 9.43. The van der Waals surface area contributed by atoms with Crippen molar-refractivity contribution in [2.45, 2.75) is 29.5 Å². The third-order valence-electron chi connectivity index (χ3n) is 4.96. The number of Topliss-reactive ketones (excluding diaryl/α,β-unsaturated/α-hetero) is 1. The van der Waals surface area contributed by atoms with Crippen LogP contribution in [0.4, 0.5) is 5.13 Å². The van der Waals surface area contributed by atoms with Crippen LogP contribution in [0.1, 0.15) is 30.7 Å². The largest absolute Gasteiger partial charge is 0.384 e. The second kappa shape index (κ2) is 8.53. The van der Waals surface area contributed by atoms with Gasteiger partial charge in [-0.05, 0) is 30.5 Å². The van der Waals surface area contributed by atoms with E-state index in [1.54, 1.807) is 17.0 Å². The molecule has 0 amide bonds. The lowest BCUT2D eigenvalue weighted by Gasteiger charge is -2.38. The normalized spacial score (nSPS) is 18.8. The lowest BCUT2D eigenvalue weighted by Crippen LogP contribution is -2.38. The first-order valence-electron chi connectivity index (χ1n) is 9.16. The quantitative estimate of drug-likeness (QED) is 0.546. The molecule has 1 aromatic carbocycles. The van der Waals surface area contributed by atoms with E-state index >= 15 is 0 Å². The Labute approximate surface area is 187 Å². The van der Waals surface area contributed by atoms with Crippen LogP contribution in [-0.4, -0.2) is 21.7 Å². The molecule has 0 saturated carbocycles. The number of carbonyl (C=O) groups excluding carboxylic acids is 1. The molecule has 0 radical (unpaired) electrons. The average Bonchev–Trinajstić information content (AvgIpc) is 3.20. The van der Waals surface area contributed by atoms with Crippen LogP contribution in [0.15, 0.2) is 51.3 Å². The Kier molecular flexibility index (Phi) is 5.83. The monoisotopic (exact) mass is 453 g/mol. The number of carbonyl (C=O) groups is 1. The fourth-order valence-electron chi connectivity index (χ4n) is 3.78. The zero-order chi connectivity index (χ0) is 21.3. The van der Waals surface area contributed by atoms with Crippen molar-refractivity contribution >= 4 is 45.6 Å². The molecule has 0 fully saturated rings. The van der Waals surface area contributed by atoms with Crippen molar-refractivity contribution in [2.24, 2.45) is 5.73 Å². The molecular formula is C21H16ClN5OS2. The standard InChI is InChI=1S/C21H16ClN5OS2/c1-2-9-29-21-26-25-20(30-21)27-15-7-4-8-16(28)18(15)17(14(11-23)19(27)24)12-5-3-6-13(22)10-12/h1,3,5-6,10,17H,4,7-9,24H2. The highest BCUT2D eigenvalue weighted by molar-refractivity contribution is 8.01. The van der Waals surface area contributed by atoms with Crippen LogP contribution in [0, 0.1) is 23.7 Å². The van der Waals surface area contributed by atoms with Gasteiger partial charge in [-0.1, -0.05) is 52.8 Å². The number of nitrogens with two attached hydrogens (primary N) is 1. The predicted octanol–water partition coefficient (Wildman–Crippen LogP) is 4.22. The Hall–Kier alpha value is -2.78. The van der Waals surface area contributed by atoms with E-state index in [2.05, 4.69) is 22.2 Å². The summed E-state index contributed by atoms with van der Waals surface area (Å²) >= 11 is 8.93. The molecule has 0 saturated heterocycles. The maximum Gasteiger partial charge on any atom is 0.219 e. The molecule has 0 spiro atoms. The van der Waals surface area contributed by atoms with Crippen molar-refractivity contribution in [3.63, 3.8) is 0 Å². The van der Waals surface area contributed by atoms with Crippen LogP contribution in [-0.2, 0) is 4.79 Å². The van der Waals surface area contributed by atoms with Crippen molar-refractivity contribution in [1.82, 2.24) is 10.2 Å². The van der Waals surface area contributed by atoms with Crippen molar-refractivity contribution in [3.8, 4) is 18.4 Å². The number of allylic oxidation sites excluding steroid dienone is 3. The second-order valence-corrected chi connectivity index (χ2v) is 9.33. The minimum absolute atomic E-state index is 0.0120. The van der Waals surface area contributed by atoms with Crippen LogP contribution in [0.3, 0.4) is 0 Å². The lowest BCUT2D eigenvalue weighted by molar-refractivity contribution is -0.116. The number of halogens is 1. The van der Waals surface area contributed by atoms with Crippen LogP contribution in [0.5, 0.6) is 0 Å². The zero-order valence-corrected chi connectivity index (χ0v) is 18.2. The number of ketones is 1. The topological polar surface area (TPSA) is 95.9 Å². The number of benzene rings is 1. The van der Waals surface area contributed by atoms with Gasteiger partial charge < -0.3 is 5.73 Å². The molecule has 2 aliphatic rings. The number of nitrogens with zero attached hydrogens (tertiary/aromatic N) is 4. The Balaban J connectivity index is 1.88. The molecule has 4 rings (SSSR count). The maximum absolute atomic E-state index is 13.0. The number of hydrogen-bond donors (Lipinski definition) is 1. The summed E-state index contributed by atoms with van der Waals surface area (Å²) in [6.45, 7) is 0. The van der Waals surface area contributed by atoms with Gasteiger partial charge in [-0.3, -0.25) is 9.69 Å². The molecule has 2 N–H and O–H groups in total. The van der Waals surface area contributed by atoms with Gasteiger partial charge in [0.2, 0.25) is 5.13 Å². The summed E-state index contributed by atoms with van der Waals surface area (Å²) in [5.41, 5.74) is 8.93. The SMILES string of the molecule is C#CCSc1nnc(N2C(N)=C(C#N)C(c3cccc(Cl)c3)C3=C2CCCC3=O)s1. The number of hydrogen-bond acceptors (Lipinski definition) is 8. The summed E-state index contributed by atoms with van der Waals surface area (Å²) in [5, 5.41) is 19.5. The number of aromatic nitrogens is 2. The third kappa shape index (κ3) is 3.59. The molecule has 1 aliphatic heterocycles. The molecular weight excluding hydrogens is 438 g/mol. The molecule has 2 aromatic rings. The van der Waals surface area contributed by atoms with E-state index in [0.717, 1.165) is 11.3 Å². The molecule has 30 heavy (non-hydrogen) atoms. The van der Waals surface area contributed by atoms with E-state index in [1.807, 2.05) is 12.1 Å². The third-order valence-corrected chi connectivity index (χ3v) is 7.14. The van der Waals surface area contributed by atoms with Crippen LogP contribution < -0.4 is 10.6 Å². The van der Waals surface area contributed by atoms with E-state index in [1.165, 1.54) is 23.1 Å². The van der Waals surface area contributed by atoms with Gasteiger partial charge >= 0.3 is 0 Å². The molecule has 6 nitrogen and oxygen atoms in total. The highest BCUT2D eigenvalue weighted by Gasteiger charge is 2.41. The second-order valence-electron chi connectivity index (χ2n) is 6.71. The fraction of sp³-hybridized carbons (Fsp3) is 0.238. The van der Waals surface area contributed by atoms with E-state index in [-0.39, 0.29) is 11.6 Å². The van der Waals surface area contributed by atoms with Gasteiger partial charge in [0.15, 0.2) is 10.1 Å². The van der Waals surface area contributed by atoms with Crippen LogP contribution in [0.2, 0.25) is 5.02 Å². The minimum atomic E-state index is -0.545. The fourth-order valence-corrected chi connectivity index (χ4v) is 5.54. The molecule has 9 heteroatoms. The van der Waals surface area contributed by atoms with Gasteiger partial charge in [-0.25, -0.2) is 0 Å². The molecule has 0 bridgehead atoms. The summed E-state index contributed by atoms with van der Waals surface area (Å²) < 4.78 is 0.704. The molecule has 1 aromatic heterocycles. The number of thioether (sulfide) groups is 1. The van der Waals surface area contributed by atoms with Gasteiger partial charge in [-0.15, -0.1) is 16.6 Å². The van der Waals surface area contributed by atoms with Gasteiger partial charge in [-0.2, -0.15) is 5.26 Å². The highest BCUT2D eigenvalue weighted by atomic mass is 35.5. The van der Waals surface area contributed by atoms with Crippen LogP contribution >= 0.6 is 34.7 Å². The molecule has 1 unspecified atom stereocenters. The summed E-state index contributed by atoms with van der Waals surface area (Å²) in [4.78, 5) is 14.8. The molecule has 1 aliphatic carbocycles. The van der Waals surface area contributed by atoms with Gasteiger partial charge in [0.25, 0.3) is 0 Å². The van der Waals surface area contributed by atoms with Gasteiger partial charge in [0, 0.05) is 22.7 Å². The van der Waals surface area contributed by atoms with Crippen molar-refractivity contribution in [3.05, 3.63) is 57.5 Å². The van der Waals surface area contributed by atoms with Gasteiger partial charge in [0.1, 0.15) is 5.82 Å². The molecule has 1 atom stereocenters. The lowest BCUT2D eigenvalue weighted by atomic mass is 9.76. The van der Waals surface area contributed by atoms with Crippen molar-refractivity contribution in [2.75, 3.05) is 10.7 Å². The first-order chi connectivity index (χ1) is 14.5. The predicted molar refractivity (Wildman–Crippen MR) is 119 cm³/mol. The van der Waals surface area contributed by atoms with Gasteiger partial charge in [0.05, 0.1) is 23.3 Å². The number of terminal acetylenes is 1. The van der Waals surface area contributed by atoms with Crippen LogP contribution in [0.25, 0.3) is 0 Å². The Morgan fingerprint density at radius 3 is 2.97 bits per heavy atom. The smallest absolute Gasteiger partial charge is 0.219 e. The molecule has 2 heterocycles. The number of nitriles is 1. The first kappa shape index (κ1) is 20.5. The van der Waals surface area contributed by atoms with E-state index in [0.29, 0.717) is 50.7 Å².